The third kappa shape index (κ3) is 3.78. The van der Waals surface area contributed by atoms with Crippen LogP contribution in [0.25, 0.3) is 0 Å². The molecule has 0 radical (unpaired) electrons. The first-order chi connectivity index (χ1) is 10.5. The topological polar surface area (TPSA) is 62.3 Å². The van der Waals surface area contributed by atoms with Gasteiger partial charge in [-0.2, -0.15) is 4.31 Å². The number of thiazole rings is 1. The Kier molecular flexibility index (Phi) is 5.80. The van der Waals surface area contributed by atoms with Gasteiger partial charge in [0.05, 0.1) is 12.2 Å². The molecule has 0 saturated carbocycles. The molecular weight excluding hydrogens is 342 g/mol. The Labute approximate surface area is 140 Å². The maximum atomic E-state index is 12.7. The van der Waals surface area contributed by atoms with Gasteiger partial charge in [-0.25, -0.2) is 13.4 Å². The molecule has 120 valence electrons. The zero-order valence-corrected chi connectivity index (χ0v) is 14.8. The third-order valence-electron chi connectivity index (χ3n) is 3.19. The summed E-state index contributed by atoms with van der Waals surface area (Å²) in [5, 5.41) is 3.16. The maximum absolute atomic E-state index is 12.7. The standard InChI is InChI=1S/C14H18ClN3O2S2/c1-3-18(4-2)22(19,20)13-8-6-5-7-12(13)16-9-11-10-17-14(15)21-11/h5-8,10,16H,3-4,9H2,1-2H3. The lowest BCUT2D eigenvalue weighted by Crippen LogP contribution is -2.31. The van der Waals surface area contributed by atoms with Crippen LogP contribution in [0, 0.1) is 0 Å². The largest absolute Gasteiger partial charge is 0.379 e. The summed E-state index contributed by atoms with van der Waals surface area (Å²) in [5.74, 6) is 0. The molecule has 0 spiro atoms. The van der Waals surface area contributed by atoms with E-state index in [4.69, 9.17) is 11.6 Å². The van der Waals surface area contributed by atoms with Gasteiger partial charge >= 0.3 is 0 Å². The predicted molar refractivity (Wildman–Crippen MR) is 91.0 cm³/mol. The fourth-order valence-electron chi connectivity index (χ4n) is 2.09. The van der Waals surface area contributed by atoms with Crippen LogP contribution in [0.4, 0.5) is 5.69 Å². The van der Waals surface area contributed by atoms with Crippen LogP contribution in [-0.4, -0.2) is 30.8 Å². The van der Waals surface area contributed by atoms with Crippen LogP contribution in [0.1, 0.15) is 18.7 Å². The van der Waals surface area contributed by atoms with E-state index in [0.717, 1.165) is 4.88 Å². The predicted octanol–water partition coefficient (Wildman–Crippen LogP) is 3.44. The number of hydrogen-bond donors (Lipinski definition) is 1. The smallest absolute Gasteiger partial charge is 0.245 e. The molecule has 0 bridgehead atoms. The lowest BCUT2D eigenvalue weighted by atomic mass is 10.3. The Bertz CT molecular complexity index is 727. The molecule has 8 heteroatoms. The van der Waals surface area contributed by atoms with Gasteiger partial charge in [0.15, 0.2) is 4.47 Å². The molecule has 0 unspecified atom stereocenters. The van der Waals surface area contributed by atoms with E-state index in [1.54, 1.807) is 24.4 Å². The number of anilines is 1. The Balaban J connectivity index is 2.26. The summed E-state index contributed by atoms with van der Waals surface area (Å²) in [4.78, 5) is 5.20. The number of aromatic nitrogens is 1. The molecule has 1 heterocycles. The van der Waals surface area contributed by atoms with Crippen LogP contribution in [0.5, 0.6) is 0 Å². The number of hydrogen-bond acceptors (Lipinski definition) is 5. The van der Waals surface area contributed by atoms with E-state index in [1.165, 1.54) is 15.6 Å². The molecule has 0 aliphatic heterocycles. The molecule has 0 aliphatic rings. The van der Waals surface area contributed by atoms with Crippen molar-refractivity contribution in [3.63, 3.8) is 0 Å². The second-order valence-corrected chi connectivity index (χ2v) is 8.12. The minimum atomic E-state index is -3.50. The highest BCUT2D eigenvalue weighted by Gasteiger charge is 2.24. The highest BCUT2D eigenvalue weighted by molar-refractivity contribution is 7.89. The second kappa shape index (κ2) is 7.41. The summed E-state index contributed by atoms with van der Waals surface area (Å²) >= 11 is 7.17. The van der Waals surface area contributed by atoms with Crippen molar-refractivity contribution in [3.8, 4) is 0 Å². The highest BCUT2D eigenvalue weighted by Crippen LogP contribution is 2.26. The van der Waals surface area contributed by atoms with Gasteiger partial charge in [-0.3, -0.25) is 0 Å². The quantitative estimate of drug-likeness (QED) is 0.822. The molecule has 1 aromatic heterocycles. The van der Waals surface area contributed by atoms with Crippen molar-refractivity contribution < 1.29 is 8.42 Å². The Morgan fingerprint density at radius 1 is 1.27 bits per heavy atom. The van der Waals surface area contributed by atoms with Gasteiger partial charge in [-0.1, -0.05) is 37.6 Å². The Morgan fingerprint density at radius 2 is 1.95 bits per heavy atom. The molecule has 5 nitrogen and oxygen atoms in total. The number of nitrogens with zero attached hydrogens (tertiary/aromatic N) is 2. The summed E-state index contributed by atoms with van der Waals surface area (Å²) in [6.45, 7) is 5.03. The van der Waals surface area contributed by atoms with Gasteiger partial charge in [0.1, 0.15) is 4.90 Å². The molecule has 0 aliphatic carbocycles. The third-order valence-corrected chi connectivity index (χ3v) is 6.41. The lowest BCUT2D eigenvalue weighted by Gasteiger charge is -2.20. The average molecular weight is 360 g/mol. The molecular formula is C14H18ClN3O2S2. The van der Waals surface area contributed by atoms with Gasteiger partial charge in [0, 0.05) is 24.2 Å². The van der Waals surface area contributed by atoms with Crippen LogP contribution >= 0.6 is 22.9 Å². The summed E-state index contributed by atoms with van der Waals surface area (Å²) in [7, 11) is -3.50. The molecule has 1 aromatic carbocycles. The number of sulfonamides is 1. The molecule has 1 N–H and O–H groups in total. The minimum Gasteiger partial charge on any atom is -0.379 e. The van der Waals surface area contributed by atoms with E-state index in [0.29, 0.717) is 29.8 Å². The van der Waals surface area contributed by atoms with Crippen molar-refractivity contribution in [1.82, 2.24) is 9.29 Å². The van der Waals surface area contributed by atoms with E-state index < -0.39 is 10.0 Å². The second-order valence-electron chi connectivity index (χ2n) is 4.52. The monoisotopic (exact) mass is 359 g/mol. The summed E-state index contributed by atoms with van der Waals surface area (Å²) in [6.07, 6.45) is 1.68. The molecule has 0 saturated heterocycles. The molecule has 0 fully saturated rings. The van der Waals surface area contributed by atoms with Crippen molar-refractivity contribution in [2.75, 3.05) is 18.4 Å². The summed E-state index contributed by atoms with van der Waals surface area (Å²) in [5.41, 5.74) is 0.582. The number of nitrogens with one attached hydrogen (secondary N) is 1. The fraction of sp³-hybridized carbons (Fsp3) is 0.357. The van der Waals surface area contributed by atoms with Crippen molar-refractivity contribution >= 4 is 38.6 Å². The number of halogens is 1. The molecule has 0 amide bonds. The van der Waals surface area contributed by atoms with Gasteiger partial charge in [0.25, 0.3) is 0 Å². The molecule has 2 rings (SSSR count). The van der Waals surface area contributed by atoms with Crippen molar-refractivity contribution in [2.24, 2.45) is 0 Å². The first-order valence-corrected chi connectivity index (χ1v) is 9.55. The van der Waals surface area contributed by atoms with Crippen molar-refractivity contribution in [3.05, 3.63) is 39.8 Å². The van der Waals surface area contributed by atoms with Gasteiger partial charge < -0.3 is 5.32 Å². The van der Waals surface area contributed by atoms with Crippen LogP contribution in [0.15, 0.2) is 35.4 Å². The number of rotatable bonds is 7. The normalized spacial score (nSPS) is 11.8. The highest BCUT2D eigenvalue weighted by atomic mass is 35.5. The van der Waals surface area contributed by atoms with Gasteiger partial charge in [-0.15, -0.1) is 11.3 Å². The Morgan fingerprint density at radius 3 is 2.55 bits per heavy atom. The van der Waals surface area contributed by atoms with E-state index >= 15 is 0 Å². The average Bonchev–Trinajstić information content (AvgIpc) is 2.92. The summed E-state index contributed by atoms with van der Waals surface area (Å²) < 4.78 is 27.3. The van der Waals surface area contributed by atoms with E-state index in [-0.39, 0.29) is 4.90 Å². The molecule has 22 heavy (non-hydrogen) atoms. The van der Waals surface area contributed by atoms with Crippen LogP contribution in [0.3, 0.4) is 0 Å². The number of benzene rings is 1. The van der Waals surface area contributed by atoms with E-state index in [1.807, 2.05) is 19.9 Å². The van der Waals surface area contributed by atoms with Crippen LogP contribution in [-0.2, 0) is 16.6 Å². The SMILES string of the molecule is CCN(CC)S(=O)(=O)c1ccccc1NCc1cnc(Cl)s1. The van der Waals surface area contributed by atoms with E-state index in [2.05, 4.69) is 10.3 Å². The molecule has 2 aromatic rings. The van der Waals surface area contributed by atoms with Crippen molar-refractivity contribution in [2.45, 2.75) is 25.3 Å². The first kappa shape index (κ1) is 17.2. The summed E-state index contributed by atoms with van der Waals surface area (Å²) in [6, 6.07) is 6.92. The number of para-hydroxylation sites is 1. The van der Waals surface area contributed by atoms with E-state index in [9.17, 15) is 8.42 Å². The lowest BCUT2D eigenvalue weighted by molar-refractivity contribution is 0.445. The van der Waals surface area contributed by atoms with Crippen LogP contribution < -0.4 is 5.32 Å². The zero-order chi connectivity index (χ0) is 16.2. The van der Waals surface area contributed by atoms with Gasteiger partial charge in [0.2, 0.25) is 10.0 Å². The Hall–Kier alpha value is -1.15. The fourth-order valence-corrected chi connectivity index (χ4v) is 4.63. The van der Waals surface area contributed by atoms with Gasteiger partial charge in [-0.05, 0) is 12.1 Å². The van der Waals surface area contributed by atoms with Crippen LogP contribution in [0.2, 0.25) is 4.47 Å². The molecule has 0 atom stereocenters. The first-order valence-electron chi connectivity index (χ1n) is 6.92. The maximum Gasteiger partial charge on any atom is 0.245 e. The minimum absolute atomic E-state index is 0.286. The van der Waals surface area contributed by atoms with Crippen molar-refractivity contribution in [1.29, 1.82) is 0 Å². The zero-order valence-electron chi connectivity index (χ0n) is 12.4.